The largest absolute Gasteiger partial charge is 0.390 e. The van der Waals surface area contributed by atoms with E-state index in [0.717, 1.165) is 25.7 Å². The Bertz CT molecular complexity index is 412. The van der Waals surface area contributed by atoms with Crippen molar-refractivity contribution in [1.82, 2.24) is 0 Å². The van der Waals surface area contributed by atoms with Crippen LogP contribution in [0.2, 0.25) is 0 Å². The molecule has 2 heterocycles. The molecule has 0 aromatic heterocycles. The van der Waals surface area contributed by atoms with Crippen LogP contribution in [-0.4, -0.2) is 29.6 Å². The van der Waals surface area contributed by atoms with Crippen LogP contribution in [-0.2, 0) is 9.84 Å². The van der Waals surface area contributed by atoms with Crippen LogP contribution in [0.1, 0.15) is 58.8 Å². The predicted octanol–water partition coefficient (Wildman–Crippen LogP) is 2.59. The summed E-state index contributed by atoms with van der Waals surface area (Å²) in [6.45, 7) is 4.09. The molecule has 0 aliphatic carbocycles. The van der Waals surface area contributed by atoms with E-state index in [9.17, 15) is 13.5 Å². The lowest BCUT2D eigenvalue weighted by atomic mass is 9.82. The minimum absolute atomic E-state index is 0.290. The van der Waals surface area contributed by atoms with Crippen molar-refractivity contribution in [1.29, 1.82) is 0 Å². The number of hydrogen-bond acceptors (Lipinski definition) is 3. The lowest BCUT2D eigenvalue weighted by molar-refractivity contribution is 0.00251. The average molecular weight is 272 g/mol. The highest BCUT2D eigenvalue weighted by Crippen LogP contribution is 2.43. The van der Waals surface area contributed by atoms with E-state index in [4.69, 9.17) is 0 Å². The Morgan fingerprint density at radius 2 is 1.83 bits per heavy atom. The van der Waals surface area contributed by atoms with Crippen molar-refractivity contribution in [3.05, 3.63) is 11.6 Å². The molecule has 104 valence electrons. The molecule has 2 aliphatic rings. The number of hydrogen-bond donors (Lipinski definition) is 1. The number of fused-ring (bicyclic) bond motifs is 2. The van der Waals surface area contributed by atoms with Gasteiger partial charge < -0.3 is 5.11 Å². The Labute approximate surface area is 110 Å². The minimum Gasteiger partial charge on any atom is -0.390 e. The molecule has 2 aliphatic heterocycles. The Balaban J connectivity index is 2.07. The SMILES string of the molecule is CC(C)=CCCC1(O)CC2CCCC(C1)S2(=O)=O. The van der Waals surface area contributed by atoms with Gasteiger partial charge in [-0.25, -0.2) is 8.42 Å². The molecule has 0 aromatic rings. The first-order chi connectivity index (χ1) is 8.33. The van der Waals surface area contributed by atoms with Gasteiger partial charge in [-0.3, -0.25) is 0 Å². The Kier molecular flexibility index (Phi) is 3.88. The van der Waals surface area contributed by atoms with E-state index in [0.29, 0.717) is 19.3 Å². The van der Waals surface area contributed by atoms with Crippen molar-refractivity contribution in [2.75, 3.05) is 0 Å². The molecule has 0 amide bonds. The van der Waals surface area contributed by atoms with Gasteiger partial charge in [-0.05, 0) is 52.4 Å². The molecule has 2 bridgehead atoms. The van der Waals surface area contributed by atoms with Gasteiger partial charge in [0.1, 0.15) is 0 Å². The number of rotatable bonds is 3. The summed E-state index contributed by atoms with van der Waals surface area (Å²) in [5, 5.41) is 10.0. The van der Waals surface area contributed by atoms with Crippen molar-refractivity contribution in [3.63, 3.8) is 0 Å². The van der Waals surface area contributed by atoms with E-state index < -0.39 is 15.4 Å². The first kappa shape index (κ1) is 14.1. The molecule has 3 nitrogen and oxygen atoms in total. The molecule has 0 saturated carbocycles. The third kappa shape index (κ3) is 2.80. The van der Waals surface area contributed by atoms with Gasteiger partial charge in [0.25, 0.3) is 0 Å². The molecular weight excluding hydrogens is 248 g/mol. The molecule has 0 spiro atoms. The van der Waals surface area contributed by atoms with Gasteiger partial charge in [-0.2, -0.15) is 0 Å². The fraction of sp³-hybridized carbons (Fsp3) is 0.857. The summed E-state index contributed by atoms with van der Waals surface area (Å²) in [5.74, 6) is 0. The quantitative estimate of drug-likeness (QED) is 0.803. The highest BCUT2D eigenvalue weighted by atomic mass is 32.2. The van der Waals surface area contributed by atoms with E-state index >= 15 is 0 Å². The van der Waals surface area contributed by atoms with E-state index in [2.05, 4.69) is 6.08 Å². The van der Waals surface area contributed by atoms with Crippen LogP contribution in [0, 0.1) is 0 Å². The summed E-state index contributed by atoms with van der Waals surface area (Å²) in [4.78, 5) is 0. The molecule has 18 heavy (non-hydrogen) atoms. The van der Waals surface area contributed by atoms with Crippen molar-refractivity contribution < 1.29 is 13.5 Å². The molecule has 0 aromatic carbocycles. The third-order valence-corrected chi connectivity index (χ3v) is 7.02. The first-order valence-corrected chi connectivity index (χ1v) is 8.53. The second-order valence-corrected chi connectivity index (χ2v) is 8.73. The molecule has 1 N–H and O–H groups in total. The Morgan fingerprint density at radius 3 is 2.33 bits per heavy atom. The van der Waals surface area contributed by atoms with Gasteiger partial charge in [-0.1, -0.05) is 18.1 Å². The van der Waals surface area contributed by atoms with Gasteiger partial charge in [-0.15, -0.1) is 0 Å². The van der Waals surface area contributed by atoms with E-state index in [1.807, 2.05) is 13.8 Å². The highest BCUT2D eigenvalue weighted by molar-refractivity contribution is 7.92. The van der Waals surface area contributed by atoms with Crippen molar-refractivity contribution in [3.8, 4) is 0 Å². The van der Waals surface area contributed by atoms with E-state index in [1.165, 1.54) is 5.57 Å². The molecule has 2 fully saturated rings. The van der Waals surface area contributed by atoms with Gasteiger partial charge in [0.2, 0.25) is 0 Å². The predicted molar refractivity (Wildman–Crippen MR) is 73.2 cm³/mol. The lowest BCUT2D eigenvalue weighted by Gasteiger charge is -2.43. The zero-order valence-electron chi connectivity index (χ0n) is 11.4. The summed E-state index contributed by atoms with van der Waals surface area (Å²) >= 11 is 0. The minimum atomic E-state index is -2.95. The second-order valence-electron chi connectivity index (χ2n) is 6.22. The molecule has 0 radical (unpaired) electrons. The second kappa shape index (κ2) is 4.97. The van der Waals surface area contributed by atoms with Crippen molar-refractivity contribution in [2.24, 2.45) is 0 Å². The smallest absolute Gasteiger partial charge is 0.156 e. The number of allylic oxidation sites excluding steroid dienone is 2. The van der Waals surface area contributed by atoms with Crippen LogP contribution < -0.4 is 0 Å². The monoisotopic (exact) mass is 272 g/mol. The van der Waals surface area contributed by atoms with Gasteiger partial charge in [0, 0.05) is 0 Å². The zero-order chi connectivity index (χ0) is 13.4. The first-order valence-electron chi connectivity index (χ1n) is 6.92. The van der Waals surface area contributed by atoms with Crippen LogP contribution >= 0.6 is 0 Å². The molecule has 4 heteroatoms. The highest BCUT2D eigenvalue weighted by Gasteiger charge is 2.49. The van der Waals surface area contributed by atoms with Gasteiger partial charge >= 0.3 is 0 Å². The topological polar surface area (TPSA) is 54.4 Å². The molecular formula is C14H24O3S. The standard InChI is InChI=1S/C14H24O3S/c1-11(2)5-4-8-14(15)9-12-6-3-7-13(10-14)18(12,16)17/h5,12-13,15H,3-4,6-10H2,1-2H3. The van der Waals surface area contributed by atoms with Crippen molar-refractivity contribution in [2.45, 2.75) is 74.9 Å². The summed E-state index contributed by atoms with van der Waals surface area (Å²) in [7, 11) is -2.95. The third-order valence-electron chi connectivity index (χ3n) is 4.36. The van der Waals surface area contributed by atoms with Crippen LogP contribution in [0.5, 0.6) is 0 Å². The Hall–Kier alpha value is -0.350. The lowest BCUT2D eigenvalue weighted by Crippen LogP contribution is -2.51. The summed E-state index contributed by atoms with van der Waals surface area (Å²) in [6.07, 6.45) is 7.03. The number of sulfone groups is 1. The molecule has 2 unspecified atom stereocenters. The van der Waals surface area contributed by atoms with Crippen LogP contribution in [0.25, 0.3) is 0 Å². The maximum absolute atomic E-state index is 12.1. The molecule has 2 rings (SSSR count). The average Bonchev–Trinajstić information content (AvgIpc) is 2.20. The molecule has 2 atom stereocenters. The van der Waals surface area contributed by atoms with Crippen molar-refractivity contribution >= 4 is 9.84 Å². The number of aliphatic hydroxyl groups is 1. The van der Waals surface area contributed by atoms with Crippen LogP contribution in [0.4, 0.5) is 0 Å². The van der Waals surface area contributed by atoms with Crippen LogP contribution in [0.15, 0.2) is 11.6 Å². The molecule has 2 saturated heterocycles. The zero-order valence-corrected chi connectivity index (χ0v) is 12.2. The summed E-state index contributed by atoms with van der Waals surface area (Å²) < 4.78 is 24.3. The fourth-order valence-electron chi connectivity index (χ4n) is 3.37. The normalized spacial score (nSPS) is 38.2. The van der Waals surface area contributed by atoms with Gasteiger partial charge in [0.05, 0.1) is 16.1 Å². The maximum atomic E-state index is 12.1. The summed E-state index contributed by atoms with van der Waals surface area (Å²) in [5.41, 5.74) is 0.495. The fourth-order valence-corrected chi connectivity index (χ4v) is 5.99. The van der Waals surface area contributed by atoms with Crippen LogP contribution in [0.3, 0.4) is 0 Å². The summed E-state index contributed by atoms with van der Waals surface area (Å²) in [6, 6.07) is 0. The maximum Gasteiger partial charge on any atom is 0.156 e. The van der Waals surface area contributed by atoms with Gasteiger partial charge in [0.15, 0.2) is 9.84 Å². The van der Waals surface area contributed by atoms with E-state index in [1.54, 1.807) is 0 Å². The Morgan fingerprint density at radius 1 is 1.28 bits per heavy atom. The van der Waals surface area contributed by atoms with E-state index in [-0.39, 0.29) is 10.5 Å².